The molecule has 2 rings (SSSR count). The number of hydrogen-bond donors (Lipinski definition) is 2. The molecule has 0 saturated carbocycles. The van der Waals surface area contributed by atoms with Crippen molar-refractivity contribution in [2.24, 2.45) is 5.84 Å². The van der Waals surface area contributed by atoms with Crippen LogP contribution in [0.5, 0.6) is 0 Å². The van der Waals surface area contributed by atoms with Crippen molar-refractivity contribution in [3.05, 3.63) is 24.2 Å². The molecule has 0 fully saturated rings. The smallest absolute Gasteiger partial charge is 0.237 e. The van der Waals surface area contributed by atoms with Gasteiger partial charge in [0.15, 0.2) is 0 Å². The fraction of sp³-hybridized carbons (Fsp3) is 0.300. The largest absolute Gasteiger partial charge is 0.292 e. The van der Waals surface area contributed by atoms with E-state index in [0.717, 1.165) is 23.5 Å². The molecule has 2 aromatic heterocycles. The van der Waals surface area contributed by atoms with Gasteiger partial charge in [-0.2, -0.15) is 5.10 Å². The van der Waals surface area contributed by atoms with Crippen molar-refractivity contribution >= 4 is 5.95 Å². The lowest BCUT2D eigenvalue weighted by Gasteiger charge is -2.03. The lowest BCUT2D eigenvalue weighted by atomic mass is 10.2. The lowest BCUT2D eigenvalue weighted by Crippen LogP contribution is -2.10. The van der Waals surface area contributed by atoms with Crippen molar-refractivity contribution in [1.82, 2.24) is 19.7 Å². The number of hydrogen-bond acceptors (Lipinski definition) is 5. The SMILES string of the molecule is CCn1ncc(-c2ccnc(NN)n2)c1C. The third-order valence-electron chi connectivity index (χ3n) is 2.46. The van der Waals surface area contributed by atoms with E-state index in [-0.39, 0.29) is 0 Å². The molecule has 0 unspecified atom stereocenters. The Bertz CT molecular complexity index is 490. The maximum absolute atomic E-state index is 5.27. The third-order valence-corrected chi connectivity index (χ3v) is 2.46. The molecule has 6 heteroatoms. The Morgan fingerprint density at radius 2 is 2.31 bits per heavy atom. The summed E-state index contributed by atoms with van der Waals surface area (Å²) >= 11 is 0. The van der Waals surface area contributed by atoms with Crippen LogP contribution >= 0.6 is 0 Å². The minimum Gasteiger partial charge on any atom is -0.292 e. The van der Waals surface area contributed by atoms with Gasteiger partial charge in [-0.05, 0) is 19.9 Å². The predicted molar refractivity (Wildman–Crippen MR) is 61.5 cm³/mol. The van der Waals surface area contributed by atoms with Gasteiger partial charge in [-0.15, -0.1) is 0 Å². The molecule has 0 amide bonds. The second-order valence-electron chi connectivity index (χ2n) is 3.37. The van der Waals surface area contributed by atoms with Gasteiger partial charge in [0.25, 0.3) is 0 Å². The van der Waals surface area contributed by atoms with Gasteiger partial charge in [0.2, 0.25) is 5.95 Å². The molecule has 0 saturated heterocycles. The number of nitrogen functional groups attached to an aromatic ring is 1. The zero-order valence-electron chi connectivity index (χ0n) is 9.31. The van der Waals surface area contributed by atoms with Gasteiger partial charge in [-0.3, -0.25) is 10.1 Å². The Balaban J connectivity index is 2.45. The molecule has 0 radical (unpaired) electrons. The minimum atomic E-state index is 0.404. The first-order valence-electron chi connectivity index (χ1n) is 5.08. The quantitative estimate of drug-likeness (QED) is 0.592. The first-order valence-corrected chi connectivity index (χ1v) is 5.08. The van der Waals surface area contributed by atoms with Crippen LogP contribution in [-0.2, 0) is 6.54 Å². The fourth-order valence-corrected chi connectivity index (χ4v) is 1.60. The summed E-state index contributed by atoms with van der Waals surface area (Å²) in [5.41, 5.74) is 5.34. The first-order chi connectivity index (χ1) is 7.76. The van der Waals surface area contributed by atoms with Crippen LogP contribution in [0.4, 0.5) is 5.95 Å². The molecule has 0 aliphatic rings. The second kappa shape index (κ2) is 4.28. The number of nitrogens with one attached hydrogen (secondary N) is 1. The monoisotopic (exact) mass is 218 g/mol. The Morgan fingerprint density at radius 1 is 1.50 bits per heavy atom. The topological polar surface area (TPSA) is 81.7 Å². The van der Waals surface area contributed by atoms with Crippen LogP contribution in [0.15, 0.2) is 18.5 Å². The molecule has 0 atom stereocenters. The molecular weight excluding hydrogens is 204 g/mol. The zero-order chi connectivity index (χ0) is 11.5. The van der Waals surface area contributed by atoms with Gasteiger partial charge >= 0.3 is 0 Å². The van der Waals surface area contributed by atoms with E-state index in [0.29, 0.717) is 5.95 Å². The van der Waals surface area contributed by atoms with Crippen LogP contribution in [0.1, 0.15) is 12.6 Å². The summed E-state index contributed by atoms with van der Waals surface area (Å²) in [7, 11) is 0. The molecular formula is C10H14N6. The molecule has 2 heterocycles. The number of aryl methyl sites for hydroxylation is 1. The van der Waals surface area contributed by atoms with E-state index < -0.39 is 0 Å². The highest BCUT2D eigenvalue weighted by molar-refractivity contribution is 5.61. The molecule has 84 valence electrons. The number of nitrogens with zero attached hydrogens (tertiary/aromatic N) is 4. The maximum atomic E-state index is 5.27. The van der Waals surface area contributed by atoms with E-state index in [1.54, 1.807) is 6.20 Å². The van der Waals surface area contributed by atoms with Gasteiger partial charge in [0, 0.05) is 24.0 Å². The molecule has 0 aromatic carbocycles. The average molecular weight is 218 g/mol. The second-order valence-corrected chi connectivity index (χ2v) is 3.37. The van der Waals surface area contributed by atoms with Crippen molar-refractivity contribution in [3.63, 3.8) is 0 Å². The maximum Gasteiger partial charge on any atom is 0.237 e. The Hall–Kier alpha value is -1.95. The summed E-state index contributed by atoms with van der Waals surface area (Å²) < 4.78 is 1.92. The normalized spacial score (nSPS) is 10.4. The Kier molecular flexibility index (Phi) is 2.82. The summed E-state index contributed by atoms with van der Waals surface area (Å²) in [5.74, 6) is 5.67. The van der Waals surface area contributed by atoms with Crippen LogP contribution in [0, 0.1) is 6.92 Å². The van der Waals surface area contributed by atoms with Crippen molar-refractivity contribution in [2.45, 2.75) is 20.4 Å². The van der Waals surface area contributed by atoms with Crippen LogP contribution in [-0.4, -0.2) is 19.7 Å². The molecule has 6 nitrogen and oxygen atoms in total. The fourth-order valence-electron chi connectivity index (χ4n) is 1.60. The molecule has 0 aliphatic carbocycles. The zero-order valence-corrected chi connectivity index (χ0v) is 9.31. The van der Waals surface area contributed by atoms with Crippen LogP contribution < -0.4 is 11.3 Å². The predicted octanol–water partition coefficient (Wildman–Crippen LogP) is 0.954. The van der Waals surface area contributed by atoms with Gasteiger partial charge in [0.05, 0.1) is 11.9 Å². The van der Waals surface area contributed by atoms with E-state index in [9.17, 15) is 0 Å². The first kappa shape index (κ1) is 10.6. The third kappa shape index (κ3) is 1.74. The van der Waals surface area contributed by atoms with E-state index in [1.807, 2.05) is 23.9 Å². The molecule has 2 aromatic rings. The highest BCUT2D eigenvalue weighted by atomic mass is 15.3. The lowest BCUT2D eigenvalue weighted by molar-refractivity contribution is 0.640. The van der Waals surface area contributed by atoms with Gasteiger partial charge in [0.1, 0.15) is 0 Å². The standard InChI is InChI=1S/C10H14N6/c1-3-16-7(2)8(6-13-16)9-4-5-12-10(14-9)15-11/h4-6H,3,11H2,1-2H3,(H,12,14,15). The number of nitrogens with two attached hydrogens (primary N) is 1. The minimum absolute atomic E-state index is 0.404. The van der Waals surface area contributed by atoms with Gasteiger partial charge < -0.3 is 0 Å². The Labute approximate surface area is 93.5 Å². The van der Waals surface area contributed by atoms with Crippen LogP contribution in [0.25, 0.3) is 11.3 Å². The molecule has 0 spiro atoms. The van der Waals surface area contributed by atoms with Crippen LogP contribution in [0.2, 0.25) is 0 Å². The number of aromatic nitrogens is 4. The van der Waals surface area contributed by atoms with Gasteiger partial charge in [-0.1, -0.05) is 0 Å². The number of hydrazine groups is 1. The van der Waals surface area contributed by atoms with E-state index >= 15 is 0 Å². The van der Waals surface area contributed by atoms with Crippen molar-refractivity contribution in [2.75, 3.05) is 5.43 Å². The number of anilines is 1. The van der Waals surface area contributed by atoms with Crippen LogP contribution in [0.3, 0.4) is 0 Å². The average Bonchev–Trinajstić information content (AvgIpc) is 2.70. The van der Waals surface area contributed by atoms with E-state index in [2.05, 4.69) is 27.4 Å². The van der Waals surface area contributed by atoms with Crippen molar-refractivity contribution in [1.29, 1.82) is 0 Å². The van der Waals surface area contributed by atoms with Crippen molar-refractivity contribution in [3.8, 4) is 11.3 Å². The highest BCUT2D eigenvalue weighted by Gasteiger charge is 2.09. The van der Waals surface area contributed by atoms with E-state index in [1.165, 1.54) is 0 Å². The summed E-state index contributed by atoms with van der Waals surface area (Å²) in [6.07, 6.45) is 3.47. The summed E-state index contributed by atoms with van der Waals surface area (Å²) in [5, 5.41) is 4.27. The molecule has 0 bridgehead atoms. The van der Waals surface area contributed by atoms with Crippen molar-refractivity contribution < 1.29 is 0 Å². The Morgan fingerprint density at radius 3 is 2.94 bits per heavy atom. The molecule has 3 N–H and O–H groups in total. The highest BCUT2D eigenvalue weighted by Crippen LogP contribution is 2.21. The molecule has 16 heavy (non-hydrogen) atoms. The summed E-state index contributed by atoms with van der Waals surface area (Å²) in [6.45, 7) is 4.92. The van der Waals surface area contributed by atoms with E-state index in [4.69, 9.17) is 5.84 Å². The molecule has 0 aliphatic heterocycles. The summed E-state index contributed by atoms with van der Waals surface area (Å²) in [6, 6.07) is 1.84. The number of rotatable bonds is 3. The van der Waals surface area contributed by atoms with Gasteiger partial charge in [-0.25, -0.2) is 15.8 Å². The summed E-state index contributed by atoms with van der Waals surface area (Å²) in [4.78, 5) is 8.23.